The van der Waals surface area contributed by atoms with Crippen LogP contribution in [0, 0.1) is 5.92 Å². The van der Waals surface area contributed by atoms with Gasteiger partial charge in [0.25, 0.3) is 0 Å². The number of nitrogens with zero attached hydrogens (tertiary/aromatic N) is 1. The lowest BCUT2D eigenvalue weighted by molar-refractivity contribution is -0.121. The molecular formula is C18H25N3O2. The van der Waals surface area contributed by atoms with Crippen molar-refractivity contribution in [1.82, 2.24) is 10.6 Å². The third-order valence-corrected chi connectivity index (χ3v) is 4.73. The van der Waals surface area contributed by atoms with E-state index in [-0.39, 0.29) is 11.8 Å². The number of amides is 2. The van der Waals surface area contributed by atoms with E-state index in [0.29, 0.717) is 25.3 Å². The smallest absolute Gasteiger partial charge is 0.227 e. The minimum absolute atomic E-state index is 0.111. The molecule has 5 heteroatoms. The zero-order valence-corrected chi connectivity index (χ0v) is 13.5. The van der Waals surface area contributed by atoms with Gasteiger partial charge in [0.1, 0.15) is 0 Å². The van der Waals surface area contributed by atoms with Crippen molar-refractivity contribution in [2.24, 2.45) is 5.92 Å². The molecule has 1 aromatic carbocycles. The van der Waals surface area contributed by atoms with E-state index in [9.17, 15) is 9.59 Å². The minimum atomic E-state index is 0.111. The van der Waals surface area contributed by atoms with Crippen molar-refractivity contribution >= 4 is 17.5 Å². The van der Waals surface area contributed by atoms with Crippen LogP contribution in [0.3, 0.4) is 0 Å². The Bertz CT molecular complexity index is 567. The summed E-state index contributed by atoms with van der Waals surface area (Å²) in [5.74, 6) is 0.946. The lowest BCUT2D eigenvalue weighted by Gasteiger charge is -2.16. The zero-order chi connectivity index (χ0) is 16.1. The molecule has 0 aliphatic carbocycles. The number of hydrogen-bond acceptors (Lipinski definition) is 3. The summed E-state index contributed by atoms with van der Waals surface area (Å²) in [6.07, 6.45) is 4.30. The molecule has 1 aromatic rings. The molecule has 2 N–H and O–H groups in total. The van der Waals surface area contributed by atoms with Crippen LogP contribution in [0.5, 0.6) is 0 Å². The van der Waals surface area contributed by atoms with Crippen LogP contribution < -0.4 is 15.5 Å². The first-order valence-electron chi connectivity index (χ1n) is 8.59. The first-order chi connectivity index (χ1) is 11.2. The summed E-state index contributed by atoms with van der Waals surface area (Å²) >= 11 is 0. The molecule has 124 valence electrons. The standard InChI is InChI=1S/C18H25N3O2/c22-17(7-6-14-8-9-19-12-14)20-13-15-3-1-4-16(11-15)21-10-2-5-18(21)23/h1,3-4,11,14,19H,2,5-10,12-13H2,(H,20,22). The number of rotatable bonds is 6. The van der Waals surface area contributed by atoms with E-state index in [1.807, 2.05) is 29.2 Å². The van der Waals surface area contributed by atoms with E-state index in [4.69, 9.17) is 0 Å². The molecule has 2 aliphatic rings. The van der Waals surface area contributed by atoms with Gasteiger partial charge >= 0.3 is 0 Å². The quantitative estimate of drug-likeness (QED) is 0.842. The SMILES string of the molecule is O=C(CCC1CCNC1)NCc1cccc(N2CCCC2=O)c1. The second kappa shape index (κ2) is 7.59. The molecule has 1 unspecified atom stereocenters. The van der Waals surface area contributed by atoms with Crippen molar-refractivity contribution < 1.29 is 9.59 Å². The van der Waals surface area contributed by atoms with Crippen molar-refractivity contribution in [1.29, 1.82) is 0 Å². The minimum Gasteiger partial charge on any atom is -0.352 e. The number of anilines is 1. The second-order valence-electron chi connectivity index (χ2n) is 6.49. The fourth-order valence-electron chi connectivity index (χ4n) is 3.34. The predicted octanol–water partition coefficient (Wildman–Crippen LogP) is 1.82. The largest absolute Gasteiger partial charge is 0.352 e. The van der Waals surface area contributed by atoms with Gasteiger partial charge in [-0.15, -0.1) is 0 Å². The Balaban J connectivity index is 1.47. The Labute approximate surface area is 137 Å². The summed E-state index contributed by atoms with van der Waals surface area (Å²) < 4.78 is 0. The highest BCUT2D eigenvalue weighted by molar-refractivity contribution is 5.95. The summed E-state index contributed by atoms with van der Waals surface area (Å²) in [7, 11) is 0. The highest BCUT2D eigenvalue weighted by Gasteiger charge is 2.21. The fourth-order valence-corrected chi connectivity index (χ4v) is 3.34. The van der Waals surface area contributed by atoms with Gasteiger partial charge in [0.15, 0.2) is 0 Å². The number of carbonyl (C=O) groups excluding carboxylic acids is 2. The Hall–Kier alpha value is -1.88. The molecule has 3 rings (SSSR count). The van der Waals surface area contributed by atoms with Crippen LogP contribution >= 0.6 is 0 Å². The van der Waals surface area contributed by atoms with Gasteiger partial charge in [0.05, 0.1) is 0 Å². The molecule has 2 aliphatic heterocycles. The van der Waals surface area contributed by atoms with Crippen molar-refractivity contribution in [3.05, 3.63) is 29.8 Å². The molecule has 0 bridgehead atoms. The van der Waals surface area contributed by atoms with Gasteiger partial charge in [-0.1, -0.05) is 12.1 Å². The van der Waals surface area contributed by atoms with Crippen LogP contribution in [-0.2, 0) is 16.1 Å². The molecule has 0 spiro atoms. The maximum absolute atomic E-state index is 12.0. The molecule has 0 saturated carbocycles. The molecule has 2 amide bonds. The maximum atomic E-state index is 12.0. The topological polar surface area (TPSA) is 61.4 Å². The van der Waals surface area contributed by atoms with E-state index < -0.39 is 0 Å². The summed E-state index contributed by atoms with van der Waals surface area (Å²) in [6.45, 7) is 3.44. The number of nitrogens with one attached hydrogen (secondary N) is 2. The molecule has 1 atom stereocenters. The lowest BCUT2D eigenvalue weighted by atomic mass is 10.0. The van der Waals surface area contributed by atoms with E-state index in [0.717, 1.165) is 43.7 Å². The van der Waals surface area contributed by atoms with Crippen LogP contribution in [0.1, 0.15) is 37.7 Å². The first kappa shape index (κ1) is 16.0. The Morgan fingerprint density at radius 2 is 2.30 bits per heavy atom. The molecule has 2 heterocycles. The van der Waals surface area contributed by atoms with Gasteiger partial charge in [0.2, 0.25) is 11.8 Å². The molecule has 0 radical (unpaired) electrons. The maximum Gasteiger partial charge on any atom is 0.227 e. The van der Waals surface area contributed by atoms with Crippen molar-refractivity contribution in [3.63, 3.8) is 0 Å². The van der Waals surface area contributed by atoms with Gasteiger partial charge < -0.3 is 15.5 Å². The third-order valence-electron chi connectivity index (χ3n) is 4.73. The first-order valence-corrected chi connectivity index (χ1v) is 8.59. The highest BCUT2D eigenvalue weighted by Crippen LogP contribution is 2.22. The van der Waals surface area contributed by atoms with E-state index in [2.05, 4.69) is 10.6 Å². The van der Waals surface area contributed by atoms with Crippen LogP contribution in [0.2, 0.25) is 0 Å². The average molecular weight is 315 g/mol. The molecule has 2 saturated heterocycles. The predicted molar refractivity (Wildman–Crippen MR) is 90.1 cm³/mol. The molecule has 5 nitrogen and oxygen atoms in total. The highest BCUT2D eigenvalue weighted by atomic mass is 16.2. The van der Waals surface area contributed by atoms with Gasteiger partial charge in [-0.3, -0.25) is 9.59 Å². The number of benzene rings is 1. The lowest BCUT2D eigenvalue weighted by Crippen LogP contribution is -2.25. The molecule has 0 aromatic heterocycles. The molecule has 2 fully saturated rings. The van der Waals surface area contributed by atoms with Crippen LogP contribution in [0.4, 0.5) is 5.69 Å². The average Bonchev–Trinajstić information content (AvgIpc) is 3.22. The van der Waals surface area contributed by atoms with E-state index in [1.54, 1.807) is 0 Å². The van der Waals surface area contributed by atoms with Crippen molar-refractivity contribution in [2.45, 2.75) is 38.6 Å². The van der Waals surface area contributed by atoms with E-state index in [1.165, 1.54) is 6.42 Å². The Morgan fingerprint density at radius 3 is 3.04 bits per heavy atom. The second-order valence-corrected chi connectivity index (χ2v) is 6.49. The zero-order valence-electron chi connectivity index (χ0n) is 13.5. The normalized spacial score (nSPS) is 21.0. The van der Waals surface area contributed by atoms with Gasteiger partial charge in [-0.25, -0.2) is 0 Å². The number of carbonyl (C=O) groups is 2. The molecule has 23 heavy (non-hydrogen) atoms. The van der Waals surface area contributed by atoms with Crippen LogP contribution in [0.15, 0.2) is 24.3 Å². The molecular weight excluding hydrogens is 290 g/mol. The fraction of sp³-hybridized carbons (Fsp3) is 0.556. The third kappa shape index (κ3) is 4.32. The number of hydrogen-bond donors (Lipinski definition) is 2. The van der Waals surface area contributed by atoms with E-state index >= 15 is 0 Å². The summed E-state index contributed by atoms with van der Waals surface area (Å²) in [6, 6.07) is 7.91. The van der Waals surface area contributed by atoms with Gasteiger partial charge in [-0.2, -0.15) is 0 Å². The van der Waals surface area contributed by atoms with Gasteiger partial charge in [-0.05, 0) is 56.0 Å². The van der Waals surface area contributed by atoms with Crippen LogP contribution in [0.25, 0.3) is 0 Å². The Kier molecular flexibility index (Phi) is 5.28. The summed E-state index contributed by atoms with van der Waals surface area (Å²) in [5, 5.41) is 6.32. The summed E-state index contributed by atoms with van der Waals surface area (Å²) in [4.78, 5) is 25.6. The monoisotopic (exact) mass is 315 g/mol. The van der Waals surface area contributed by atoms with Crippen molar-refractivity contribution in [3.8, 4) is 0 Å². The summed E-state index contributed by atoms with van der Waals surface area (Å²) in [5.41, 5.74) is 1.98. The Morgan fingerprint density at radius 1 is 1.39 bits per heavy atom. The van der Waals surface area contributed by atoms with Crippen LogP contribution in [-0.4, -0.2) is 31.4 Å². The van der Waals surface area contributed by atoms with Gasteiger partial charge in [0, 0.05) is 31.6 Å². The van der Waals surface area contributed by atoms with Crippen molar-refractivity contribution in [2.75, 3.05) is 24.5 Å².